The molecule has 2 aromatic rings. The number of aryl methyl sites for hydroxylation is 1. The van der Waals surface area contributed by atoms with Crippen molar-refractivity contribution in [1.82, 2.24) is 35.4 Å². The van der Waals surface area contributed by atoms with Gasteiger partial charge in [-0.25, -0.2) is 4.99 Å². The second kappa shape index (κ2) is 7.08. The Morgan fingerprint density at radius 3 is 2.71 bits per heavy atom. The third-order valence-corrected chi connectivity index (χ3v) is 5.23. The maximum absolute atomic E-state index is 13.7. The summed E-state index contributed by atoms with van der Waals surface area (Å²) in [6.45, 7) is -1.07. The quantitative estimate of drug-likeness (QED) is 0.631. The molecule has 3 heterocycles. The summed E-state index contributed by atoms with van der Waals surface area (Å²) in [5, 5.41) is 17.5. The third-order valence-electron chi connectivity index (χ3n) is 5.23. The summed E-state index contributed by atoms with van der Waals surface area (Å²) in [4.78, 5) is 5.39. The number of hydrogen-bond acceptors (Lipinski definition) is 7. The number of nitrogens with two attached hydrogens (primary N) is 1. The van der Waals surface area contributed by atoms with Gasteiger partial charge in [0, 0.05) is 19.6 Å². The minimum Gasteiger partial charge on any atom is -0.372 e. The molecule has 168 valence electrons. The zero-order valence-electron chi connectivity index (χ0n) is 22.1. The molecule has 0 spiro atoms. The highest BCUT2D eigenvalue weighted by atomic mass is 19.4. The first-order chi connectivity index (χ1) is 16.3. The predicted molar refractivity (Wildman–Crippen MR) is 108 cm³/mol. The lowest BCUT2D eigenvalue weighted by Gasteiger charge is -2.34. The van der Waals surface area contributed by atoms with Crippen LogP contribution in [-0.4, -0.2) is 43.7 Å². The SMILES string of the molecule is [2H]C([2H])([2H])C([2H])([2H])NC1=C(C(F)(F)F)C=NC(N)(c2cc(C(C)(C)n3ncc(C)n3)nn2C2CC2)N1. The molecule has 0 bridgehead atoms. The van der Waals surface area contributed by atoms with E-state index in [1.807, 2.05) is 19.2 Å². The molecular formula is C19H26F3N9. The van der Waals surface area contributed by atoms with Crippen molar-refractivity contribution in [3.63, 3.8) is 0 Å². The number of rotatable bonds is 6. The minimum absolute atomic E-state index is 0.0625. The lowest BCUT2D eigenvalue weighted by Crippen LogP contribution is -2.55. The predicted octanol–water partition coefficient (Wildman–Crippen LogP) is 2.03. The smallest absolute Gasteiger partial charge is 0.372 e. The van der Waals surface area contributed by atoms with Crippen LogP contribution in [0.25, 0.3) is 0 Å². The van der Waals surface area contributed by atoms with Gasteiger partial charge in [-0.3, -0.25) is 10.4 Å². The highest BCUT2D eigenvalue weighted by Gasteiger charge is 2.45. The van der Waals surface area contributed by atoms with Crippen LogP contribution < -0.4 is 16.4 Å². The molecule has 1 atom stereocenters. The van der Waals surface area contributed by atoms with E-state index in [-0.39, 0.29) is 11.7 Å². The topological polar surface area (TPSA) is 111 Å². The standard InChI is InChI=1S/C19H26F3N9/c1-5-24-16-13(18(20,21)22)10-25-19(23,27-16)15-8-14(29-30(15)12-6-7-12)17(3,4)31-26-9-11(2)28-31/h8-10,12,24,27H,5-7,23H2,1-4H3/i1D3,5D2. The van der Waals surface area contributed by atoms with Crippen LogP contribution in [0.4, 0.5) is 13.2 Å². The van der Waals surface area contributed by atoms with Gasteiger partial charge in [-0.05, 0) is 46.5 Å². The zero-order chi connectivity index (χ0) is 26.9. The molecular weight excluding hydrogens is 411 g/mol. The molecule has 0 amide bonds. The van der Waals surface area contributed by atoms with Gasteiger partial charge in [0.2, 0.25) is 5.79 Å². The van der Waals surface area contributed by atoms with Crippen LogP contribution in [0.5, 0.6) is 0 Å². The third kappa shape index (κ3) is 3.80. The van der Waals surface area contributed by atoms with Crippen LogP contribution >= 0.6 is 0 Å². The van der Waals surface area contributed by atoms with Crippen molar-refractivity contribution in [2.75, 3.05) is 6.50 Å². The summed E-state index contributed by atoms with van der Waals surface area (Å²) >= 11 is 0. The molecule has 0 saturated heterocycles. The number of halogens is 3. The fraction of sp³-hybridized carbons (Fsp3) is 0.579. The fourth-order valence-corrected chi connectivity index (χ4v) is 3.31. The van der Waals surface area contributed by atoms with Gasteiger partial charge in [-0.15, -0.1) is 0 Å². The molecule has 2 aromatic heterocycles. The average Bonchev–Trinajstić information content (AvgIpc) is 3.28. The first kappa shape index (κ1) is 15.8. The molecule has 4 N–H and O–H groups in total. The molecule has 31 heavy (non-hydrogen) atoms. The van der Waals surface area contributed by atoms with Crippen molar-refractivity contribution >= 4 is 6.21 Å². The van der Waals surface area contributed by atoms with E-state index in [2.05, 4.69) is 25.6 Å². The molecule has 12 heteroatoms. The van der Waals surface area contributed by atoms with E-state index in [1.54, 1.807) is 23.9 Å². The molecule has 1 unspecified atom stereocenters. The Labute approximate surface area is 184 Å². The second-order valence-electron chi connectivity index (χ2n) is 8.11. The maximum Gasteiger partial charge on any atom is 0.421 e. The van der Waals surface area contributed by atoms with Gasteiger partial charge in [-0.1, -0.05) is 0 Å². The van der Waals surface area contributed by atoms with Gasteiger partial charge in [0.1, 0.15) is 22.6 Å². The summed E-state index contributed by atoms with van der Waals surface area (Å²) in [5.74, 6) is -2.96. The van der Waals surface area contributed by atoms with Crippen molar-refractivity contribution in [1.29, 1.82) is 0 Å². The molecule has 1 saturated carbocycles. The number of aromatic nitrogens is 5. The van der Waals surface area contributed by atoms with E-state index in [1.165, 1.54) is 4.80 Å². The Balaban J connectivity index is 1.78. The molecule has 4 rings (SSSR count). The van der Waals surface area contributed by atoms with Gasteiger partial charge in [0.15, 0.2) is 0 Å². The highest BCUT2D eigenvalue weighted by Crippen LogP contribution is 2.40. The van der Waals surface area contributed by atoms with E-state index >= 15 is 0 Å². The van der Waals surface area contributed by atoms with Crippen LogP contribution in [0.15, 0.2) is 28.6 Å². The fourth-order valence-electron chi connectivity index (χ4n) is 3.31. The van der Waals surface area contributed by atoms with Crippen LogP contribution in [-0.2, 0) is 11.3 Å². The average molecular weight is 443 g/mol. The number of aliphatic imine (C=N–C) groups is 1. The van der Waals surface area contributed by atoms with Gasteiger partial charge in [-0.2, -0.15) is 33.3 Å². The highest BCUT2D eigenvalue weighted by molar-refractivity contribution is 5.82. The van der Waals surface area contributed by atoms with Crippen LogP contribution in [0.3, 0.4) is 0 Å². The van der Waals surface area contributed by atoms with Crippen LogP contribution in [0.1, 0.15) is 63.5 Å². The first-order valence-corrected chi connectivity index (χ1v) is 9.57. The molecule has 1 aliphatic carbocycles. The lowest BCUT2D eigenvalue weighted by atomic mass is 10.0. The Hall–Kier alpha value is -2.89. The summed E-state index contributed by atoms with van der Waals surface area (Å²) in [6.07, 6.45) is -1.40. The lowest BCUT2D eigenvalue weighted by molar-refractivity contribution is -0.0876. The normalized spacial score (nSPS) is 25.3. The monoisotopic (exact) mass is 442 g/mol. The molecule has 1 aliphatic heterocycles. The van der Waals surface area contributed by atoms with Crippen molar-refractivity contribution in [2.45, 2.75) is 64.0 Å². The Morgan fingerprint density at radius 1 is 1.39 bits per heavy atom. The molecule has 1 fully saturated rings. The van der Waals surface area contributed by atoms with Crippen LogP contribution in [0, 0.1) is 6.92 Å². The Morgan fingerprint density at radius 2 is 2.13 bits per heavy atom. The van der Waals surface area contributed by atoms with Gasteiger partial charge >= 0.3 is 6.18 Å². The van der Waals surface area contributed by atoms with Crippen LogP contribution in [0.2, 0.25) is 0 Å². The first-order valence-electron chi connectivity index (χ1n) is 12.1. The molecule has 9 nitrogen and oxygen atoms in total. The van der Waals surface area contributed by atoms with E-state index in [0.29, 0.717) is 17.6 Å². The van der Waals surface area contributed by atoms with Crippen molar-refractivity contribution in [2.24, 2.45) is 10.7 Å². The maximum atomic E-state index is 13.7. The van der Waals surface area contributed by atoms with Gasteiger partial charge in [0.25, 0.3) is 0 Å². The number of hydrogen-bond donors (Lipinski definition) is 3. The van der Waals surface area contributed by atoms with E-state index in [9.17, 15) is 13.2 Å². The van der Waals surface area contributed by atoms with Crippen molar-refractivity contribution in [3.05, 3.63) is 40.7 Å². The van der Waals surface area contributed by atoms with E-state index < -0.39 is 42.2 Å². The van der Waals surface area contributed by atoms with Gasteiger partial charge < -0.3 is 10.6 Å². The summed E-state index contributed by atoms with van der Waals surface area (Å²) in [6, 6.07) is 1.52. The van der Waals surface area contributed by atoms with E-state index in [0.717, 1.165) is 12.8 Å². The number of nitrogens with zero attached hydrogens (tertiary/aromatic N) is 6. The van der Waals surface area contributed by atoms with Crippen molar-refractivity contribution in [3.8, 4) is 0 Å². The second-order valence-corrected chi connectivity index (χ2v) is 8.11. The summed E-state index contributed by atoms with van der Waals surface area (Å²) in [5.41, 5.74) is 5.57. The summed E-state index contributed by atoms with van der Waals surface area (Å²) < 4.78 is 80.4. The molecule has 0 aromatic carbocycles. The van der Waals surface area contributed by atoms with Gasteiger partial charge in [0.05, 0.1) is 23.6 Å². The Kier molecular flexibility index (Phi) is 3.62. The minimum atomic E-state index is -4.97. The number of allylic oxidation sites excluding steroid dienone is 1. The van der Waals surface area contributed by atoms with E-state index in [4.69, 9.17) is 12.6 Å². The molecule has 0 radical (unpaired) electrons. The zero-order valence-corrected chi connectivity index (χ0v) is 17.1. The Bertz CT molecular complexity index is 1220. The number of nitrogens with one attached hydrogen (secondary N) is 2. The van der Waals surface area contributed by atoms with Crippen molar-refractivity contribution < 1.29 is 20.0 Å². The largest absolute Gasteiger partial charge is 0.421 e. The number of alkyl halides is 3. The molecule has 2 aliphatic rings. The summed E-state index contributed by atoms with van der Waals surface area (Å²) in [7, 11) is 0.